The highest BCUT2D eigenvalue weighted by molar-refractivity contribution is 8.06. The summed E-state index contributed by atoms with van der Waals surface area (Å²) >= 11 is 10.6. The van der Waals surface area contributed by atoms with E-state index in [2.05, 4.69) is 41.6 Å². The number of hydrogen-bond acceptors (Lipinski definition) is 7. The molecule has 0 radical (unpaired) electrons. The molecule has 1 aromatic rings. The molecule has 0 saturated heterocycles. The van der Waals surface area contributed by atoms with Crippen LogP contribution < -0.4 is 13.9 Å². The third kappa shape index (κ3) is 8.98. The van der Waals surface area contributed by atoms with Gasteiger partial charge < -0.3 is 13.9 Å². The Morgan fingerprint density at radius 1 is 1.12 bits per heavy atom. The SMILES string of the molecule is CC(C)(C)CO[P+]1(Cl)Oc2ccccc2O1.CCOP([O-])(=S)OCC. The second kappa shape index (κ2) is 9.82. The molecule has 0 aliphatic carbocycles. The van der Waals surface area contributed by atoms with Crippen LogP contribution in [0.5, 0.6) is 11.5 Å². The molecule has 0 fully saturated rings. The van der Waals surface area contributed by atoms with Crippen LogP contribution in [0.1, 0.15) is 34.6 Å². The zero-order chi connectivity index (χ0) is 19.1. The molecule has 10 heteroatoms. The molecule has 0 saturated carbocycles. The average molecular weight is 431 g/mol. The van der Waals surface area contributed by atoms with Gasteiger partial charge in [-0.3, -0.25) is 9.05 Å². The number of rotatable bonds is 6. The maximum atomic E-state index is 10.8. The molecule has 6 nitrogen and oxygen atoms in total. The number of para-hydroxylation sites is 2. The van der Waals surface area contributed by atoms with E-state index in [0.717, 1.165) is 0 Å². The van der Waals surface area contributed by atoms with Crippen LogP contribution in [0.2, 0.25) is 0 Å². The van der Waals surface area contributed by atoms with Crippen molar-refractivity contribution >= 4 is 37.1 Å². The summed E-state index contributed by atoms with van der Waals surface area (Å²) in [6.07, 6.45) is 0. The van der Waals surface area contributed by atoms with Crippen molar-refractivity contribution < 1.29 is 27.5 Å². The summed E-state index contributed by atoms with van der Waals surface area (Å²) in [5.41, 5.74) is 0.0311. The third-order valence-electron chi connectivity index (χ3n) is 2.49. The predicted molar refractivity (Wildman–Crippen MR) is 103 cm³/mol. The van der Waals surface area contributed by atoms with E-state index >= 15 is 0 Å². The summed E-state index contributed by atoms with van der Waals surface area (Å²) in [6.45, 7) is 7.70. The standard InChI is InChI=1S/C11H15ClO3P.C4H11O3PS/c1-11(2,3)8-13-16(12)14-9-6-4-5-7-10(9)15-16;1-3-6-8(5,9)7-4-2/h4-7H,8H2,1-3H3;3-4H2,1-2H3,(H,5,9)/q+1;/p-1. The highest BCUT2D eigenvalue weighted by atomic mass is 35.7. The molecule has 1 aliphatic heterocycles. The van der Waals surface area contributed by atoms with Crippen LogP contribution in [-0.4, -0.2) is 19.8 Å². The minimum atomic E-state index is -3.11. The van der Waals surface area contributed by atoms with Crippen LogP contribution >= 0.6 is 25.3 Å². The van der Waals surface area contributed by atoms with Gasteiger partial charge in [0, 0.05) is 0 Å². The normalized spacial score (nSPS) is 15.5. The van der Waals surface area contributed by atoms with Crippen molar-refractivity contribution in [1.82, 2.24) is 0 Å². The van der Waals surface area contributed by atoms with Gasteiger partial charge in [0.1, 0.15) is 13.3 Å². The van der Waals surface area contributed by atoms with E-state index in [1.54, 1.807) is 13.8 Å². The number of hydrogen-bond donors (Lipinski definition) is 0. The molecular formula is C15H25ClO6P2S. The van der Waals surface area contributed by atoms with Gasteiger partial charge in [0.15, 0.2) is 0 Å². The van der Waals surface area contributed by atoms with Crippen LogP contribution in [0.4, 0.5) is 0 Å². The molecule has 25 heavy (non-hydrogen) atoms. The van der Waals surface area contributed by atoms with E-state index in [1.807, 2.05) is 24.3 Å². The summed E-state index contributed by atoms with van der Waals surface area (Å²) < 4.78 is 25.8. The van der Waals surface area contributed by atoms with Crippen molar-refractivity contribution in [3.05, 3.63) is 24.3 Å². The first-order chi connectivity index (χ1) is 11.5. The Bertz CT molecular complexity index is 561. The first-order valence-electron chi connectivity index (χ1n) is 7.82. The molecule has 0 bridgehead atoms. The highest BCUT2D eigenvalue weighted by Crippen LogP contribution is 2.71. The largest absolute Gasteiger partial charge is 0.780 e. The van der Waals surface area contributed by atoms with E-state index < -0.39 is 14.0 Å². The second-order valence-electron chi connectivity index (χ2n) is 6.18. The molecule has 1 heterocycles. The number of halogens is 1. The summed E-state index contributed by atoms with van der Waals surface area (Å²) in [5.74, 6) is 1.31. The first kappa shape index (κ1) is 23.1. The monoisotopic (exact) mass is 430 g/mol. The molecule has 0 amide bonds. The maximum absolute atomic E-state index is 10.8. The Morgan fingerprint density at radius 2 is 1.56 bits per heavy atom. The van der Waals surface area contributed by atoms with Crippen molar-refractivity contribution in [3.8, 4) is 11.5 Å². The summed E-state index contributed by atoms with van der Waals surface area (Å²) in [4.78, 5) is 10.8. The fourth-order valence-corrected chi connectivity index (χ4v) is 4.92. The Morgan fingerprint density at radius 3 is 1.92 bits per heavy atom. The van der Waals surface area contributed by atoms with Crippen molar-refractivity contribution in [1.29, 1.82) is 0 Å². The smallest absolute Gasteiger partial charge is 0.614 e. The molecule has 1 aliphatic rings. The van der Waals surface area contributed by atoms with Gasteiger partial charge in [-0.2, -0.15) is 0 Å². The van der Waals surface area contributed by atoms with Crippen molar-refractivity contribution in [2.45, 2.75) is 34.6 Å². The topological polar surface area (TPSA) is 69.2 Å². The van der Waals surface area contributed by atoms with Gasteiger partial charge in [0.25, 0.3) is 0 Å². The number of fused-ring (bicyclic) bond motifs is 1. The Hall–Kier alpha value is 0.0300. The predicted octanol–water partition coefficient (Wildman–Crippen LogP) is 5.08. The van der Waals surface area contributed by atoms with Crippen LogP contribution in [0.15, 0.2) is 24.3 Å². The lowest BCUT2D eigenvalue weighted by Crippen LogP contribution is -2.15. The molecule has 2 rings (SSSR count). The van der Waals surface area contributed by atoms with E-state index in [-0.39, 0.29) is 5.41 Å². The highest BCUT2D eigenvalue weighted by Gasteiger charge is 2.55. The zero-order valence-corrected chi connectivity index (χ0v) is 18.4. The van der Waals surface area contributed by atoms with Crippen molar-refractivity contribution in [3.63, 3.8) is 0 Å². The minimum absolute atomic E-state index is 0.0311. The van der Waals surface area contributed by atoms with E-state index in [4.69, 9.17) is 24.8 Å². The lowest BCUT2D eigenvalue weighted by Gasteiger charge is -2.25. The first-order valence-corrected chi connectivity index (χ1v) is 12.8. The lowest BCUT2D eigenvalue weighted by molar-refractivity contribution is -0.205. The fraction of sp³-hybridized carbons (Fsp3) is 0.600. The summed E-state index contributed by atoms with van der Waals surface area (Å²) in [7, 11) is -2.73. The van der Waals surface area contributed by atoms with Gasteiger partial charge in [-0.05, 0) is 31.4 Å². The molecule has 1 aromatic carbocycles. The number of benzene rings is 1. The minimum Gasteiger partial charge on any atom is -0.780 e. The van der Waals surface area contributed by atoms with Crippen molar-refractivity contribution in [2.24, 2.45) is 5.41 Å². The summed E-state index contributed by atoms with van der Waals surface area (Å²) in [6, 6.07) is 7.39. The molecule has 0 spiro atoms. The van der Waals surface area contributed by atoms with Crippen LogP contribution in [0, 0.1) is 5.41 Å². The molecular weight excluding hydrogens is 406 g/mol. The quantitative estimate of drug-likeness (QED) is 0.583. The van der Waals surface area contributed by atoms with Crippen LogP contribution in [-0.2, 0) is 25.4 Å². The van der Waals surface area contributed by atoms with Gasteiger partial charge >= 0.3 is 7.30 Å². The Balaban J connectivity index is 0.000000299. The Labute approximate surface area is 160 Å². The fourth-order valence-electron chi connectivity index (χ4n) is 1.53. The third-order valence-corrected chi connectivity index (χ3v) is 6.25. The molecule has 0 atom stereocenters. The average Bonchev–Trinajstić information content (AvgIpc) is 2.82. The van der Waals surface area contributed by atoms with E-state index in [1.165, 1.54) is 0 Å². The van der Waals surface area contributed by atoms with Gasteiger partial charge in [-0.1, -0.05) is 44.7 Å². The van der Waals surface area contributed by atoms with E-state index in [9.17, 15) is 4.89 Å². The van der Waals surface area contributed by atoms with Crippen LogP contribution in [0.3, 0.4) is 0 Å². The van der Waals surface area contributed by atoms with Gasteiger partial charge in [0.05, 0.1) is 13.2 Å². The van der Waals surface area contributed by atoms with Gasteiger partial charge in [0.2, 0.25) is 22.7 Å². The molecule has 0 unspecified atom stereocenters. The molecule has 0 N–H and O–H groups in total. The summed E-state index contributed by atoms with van der Waals surface area (Å²) in [5, 5.41) is 0. The van der Waals surface area contributed by atoms with E-state index in [0.29, 0.717) is 31.3 Å². The van der Waals surface area contributed by atoms with Crippen molar-refractivity contribution in [2.75, 3.05) is 19.8 Å². The zero-order valence-electron chi connectivity index (χ0n) is 15.1. The Kier molecular flexibility index (Phi) is 9.06. The van der Waals surface area contributed by atoms with Gasteiger partial charge in [-0.15, -0.1) is 4.52 Å². The van der Waals surface area contributed by atoms with Gasteiger partial charge in [-0.25, -0.2) is 0 Å². The maximum Gasteiger partial charge on any atom is 0.614 e. The molecule has 0 aromatic heterocycles. The van der Waals surface area contributed by atoms with Crippen LogP contribution in [0.25, 0.3) is 0 Å². The lowest BCUT2D eigenvalue weighted by atomic mass is 9.99. The molecule has 144 valence electrons. The second-order valence-corrected chi connectivity index (χ2v) is 11.7.